The summed E-state index contributed by atoms with van der Waals surface area (Å²) in [5.41, 5.74) is 0.359. The predicted octanol–water partition coefficient (Wildman–Crippen LogP) is 2.18. The van der Waals surface area contributed by atoms with E-state index in [1.54, 1.807) is 7.05 Å². The van der Waals surface area contributed by atoms with E-state index in [-0.39, 0.29) is 5.69 Å². The smallest absolute Gasteiger partial charge is 0.330 e. The highest BCUT2D eigenvalue weighted by molar-refractivity contribution is 5.54. The van der Waals surface area contributed by atoms with E-state index in [0.29, 0.717) is 17.2 Å². The first-order chi connectivity index (χ1) is 7.94. The molecule has 6 nitrogen and oxygen atoms in total. The molecule has 0 amide bonds. The third-order valence-electron chi connectivity index (χ3n) is 3.73. The van der Waals surface area contributed by atoms with Crippen LogP contribution in [0.2, 0.25) is 0 Å². The maximum Gasteiger partial charge on any atom is 0.330 e. The molecule has 6 heteroatoms. The molecule has 1 aliphatic carbocycles. The first kappa shape index (κ1) is 11.9. The quantitative estimate of drug-likeness (QED) is 0.630. The Morgan fingerprint density at radius 1 is 1.65 bits per heavy atom. The van der Waals surface area contributed by atoms with Crippen LogP contribution < -0.4 is 5.32 Å². The van der Waals surface area contributed by atoms with Crippen molar-refractivity contribution in [3.05, 3.63) is 16.3 Å². The fourth-order valence-corrected chi connectivity index (χ4v) is 2.11. The zero-order valence-corrected chi connectivity index (χ0v) is 10.4. The van der Waals surface area contributed by atoms with E-state index >= 15 is 0 Å². The van der Waals surface area contributed by atoms with E-state index in [0.717, 1.165) is 6.54 Å². The molecule has 0 saturated heterocycles. The van der Waals surface area contributed by atoms with Crippen LogP contribution in [0.15, 0.2) is 6.20 Å². The molecule has 0 aromatic carbocycles. The summed E-state index contributed by atoms with van der Waals surface area (Å²) in [7, 11) is 1.69. The summed E-state index contributed by atoms with van der Waals surface area (Å²) in [6.45, 7) is 5.16. The molecule has 2 rings (SSSR count). The molecule has 94 valence electrons. The van der Waals surface area contributed by atoms with Crippen molar-refractivity contribution in [2.45, 2.75) is 26.7 Å². The summed E-state index contributed by atoms with van der Waals surface area (Å²) in [4.78, 5) is 10.4. The zero-order valence-electron chi connectivity index (χ0n) is 10.4. The van der Waals surface area contributed by atoms with Crippen molar-refractivity contribution in [3.63, 3.8) is 0 Å². The van der Waals surface area contributed by atoms with Gasteiger partial charge in [0.15, 0.2) is 0 Å². The van der Waals surface area contributed by atoms with Gasteiger partial charge in [-0.2, -0.15) is 0 Å². The molecule has 1 aliphatic rings. The van der Waals surface area contributed by atoms with Gasteiger partial charge in [-0.05, 0) is 24.2 Å². The highest BCUT2D eigenvalue weighted by atomic mass is 16.6. The van der Waals surface area contributed by atoms with Crippen LogP contribution in [0.4, 0.5) is 11.5 Å². The lowest BCUT2D eigenvalue weighted by molar-refractivity contribution is -0.384. The van der Waals surface area contributed by atoms with Crippen LogP contribution in [0.3, 0.4) is 0 Å². The molecule has 1 fully saturated rings. The molecule has 1 heterocycles. The van der Waals surface area contributed by atoms with E-state index in [9.17, 15) is 10.1 Å². The molecule has 1 saturated carbocycles. The van der Waals surface area contributed by atoms with E-state index in [2.05, 4.69) is 24.3 Å². The summed E-state index contributed by atoms with van der Waals surface area (Å²) in [6, 6.07) is 0. The van der Waals surface area contributed by atoms with Crippen LogP contribution >= 0.6 is 0 Å². The summed E-state index contributed by atoms with van der Waals surface area (Å²) in [5.74, 6) is 0.974. The number of rotatable bonds is 5. The maximum atomic E-state index is 10.8. The lowest BCUT2D eigenvalue weighted by Gasteiger charge is -2.19. The van der Waals surface area contributed by atoms with Gasteiger partial charge in [0.1, 0.15) is 6.20 Å². The Hall–Kier alpha value is -1.59. The van der Waals surface area contributed by atoms with Crippen molar-refractivity contribution in [1.29, 1.82) is 0 Å². The van der Waals surface area contributed by atoms with E-state index < -0.39 is 4.92 Å². The monoisotopic (exact) mass is 238 g/mol. The Labute approximate surface area is 100 Å². The van der Waals surface area contributed by atoms with E-state index in [1.165, 1.54) is 23.7 Å². The summed E-state index contributed by atoms with van der Waals surface area (Å²) >= 11 is 0. The number of aromatic nitrogens is 2. The van der Waals surface area contributed by atoms with Crippen molar-refractivity contribution in [1.82, 2.24) is 9.78 Å². The second kappa shape index (κ2) is 4.01. The summed E-state index contributed by atoms with van der Waals surface area (Å²) < 4.78 is 1.47. The van der Waals surface area contributed by atoms with E-state index in [4.69, 9.17) is 0 Å². The molecule has 0 bridgehead atoms. The van der Waals surface area contributed by atoms with Crippen molar-refractivity contribution in [2.24, 2.45) is 18.4 Å². The third-order valence-corrected chi connectivity index (χ3v) is 3.73. The summed E-state index contributed by atoms with van der Waals surface area (Å²) in [5, 5.41) is 18.0. The first-order valence-corrected chi connectivity index (χ1v) is 5.86. The zero-order chi connectivity index (χ0) is 12.6. The number of nitrogens with zero attached hydrogens (tertiary/aromatic N) is 3. The number of aryl methyl sites for hydroxylation is 1. The van der Waals surface area contributed by atoms with Crippen molar-refractivity contribution in [2.75, 3.05) is 11.9 Å². The van der Waals surface area contributed by atoms with Crippen molar-refractivity contribution in [3.8, 4) is 0 Å². The highest BCUT2D eigenvalue weighted by Crippen LogP contribution is 2.51. The van der Waals surface area contributed by atoms with Crippen LogP contribution in [0.1, 0.15) is 26.7 Å². The molecule has 1 N–H and O–H groups in total. The van der Waals surface area contributed by atoms with E-state index in [1.807, 2.05) is 0 Å². The second-order valence-electron chi connectivity index (χ2n) is 5.16. The topological polar surface area (TPSA) is 73.0 Å². The van der Waals surface area contributed by atoms with Gasteiger partial charge < -0.3 is 5.32 Å². The lowest BCUT2D eigenvalue weighted by atomic mass is 9.92. The molecule has 17 heavy (non-hydrogen) atoms. The first-order valence-electron chi connectivity index (χ1n) is 5.86. The molecule has 0 aliphatic heterocycles. The fraction of sp³-hybridized carbons (Fsp3) is 0.727. The van der Waals surface area contributed by atoms with Crippen molar-refractivity contribution < 1.29 is 4.92 Å². The van der Waals surface area contributed by atoms with Gasteiger partial charge in [-0.3, -0.25) is 14.8 Å². The van der Waals surface area contributed by atoms with Gasteiger partial charge in [0.25, 0.3) is 0 Å². The Bertz CT molecular complexity index is 435. The molecule has 1 aromatic heterocycles. The van der Waals surface area contributed by atoms with Gasteiger partial charge in [0, 0.05) is 13.6 Å². The minimum atomic E-state index is -0.399. The fourth-order valence-electron chi connectivity index (χ4n) is 2.11. The van der Waals surface area contributed by atoms with Crippen molar-refractivity contribution >= 4 is 11.5 Å². The third kappa shape index (κ3) is 2.25. The summed E-state index contributed by atoms with van der Waals surface area (Å²) in [6.07, 6.45) is 3.81. The Morgan fingerprint density at radius 2 is 2.29 bits per heavy atom. The molecule has 1 aromatic rings. The molecular formula is C11H18N4O2. The van der Waals surface area contributed by atoms with Gasteiger partial charge in [-0.15, -0.1) is 5.10 Å². The Kier molecular flexibility index (Phi) is 2.81. The van der Waals surface area contributed by atoms with Crippen LogP contribution in [0.5, 0.6) is 0 Å². The number of hydrogen-bond donors (Lipinski definition) is 1. The number of hydrogen-bond acceptors (Lipinski definition) is 4. The standard InChI is InChI=1S/C11H18N4O2/c1-8(2)11(4-5-11)7-12-10-9(15(16)17)6-14(3)13-10/h6,8H,4-5,7H2,1-3H3,(H,12,13). The number of anilines is 1. The lowest BCUT2D eigenvalue weighted by Crippen LogP contribution is -2.21. The minimum Gasteiger partial charge on any atom is -0.362 e. The maximum absolute atomic E-state index is 10.8. The molecule has 0 atom stereocenters. The molecule has 0 radical (unpaired) electrons. The van der Waals surface area contributed by atoms with Gasteiger partial charge in [-0.25, -0.2) is 0 Å². The average molecular weight is 238 g/mol. The highest BCUT2D eigenvalue weighted by Gasteiger charge is 2.45. The largest absolute Gasteiger partial charge is 0.362 e. The number of nitrogens with one attached hydrogen (secondary N) is 1. The molecule has 0 unspecified atom stereocenters. The molecular weight excluding hydrogens is 220 g/mol. The van der Waals surface area contributed by atoms with Gasteiger partial charge in [0.05, 0.1) is 4.92 Å². The van der Waals surface area contributed by atoms with Crippen LogP contribution in [-0.4, -0.2) is 21.2 Å². The van der Waals surface area contributed by atoms with Crippen LogP contribution in [0, 0.1) is 21.4 Å². The SMILES string of the molecule is CC(C)C1(CNc2nn(C)cc2[N+](=O)[O-])CC1. The van der Waals surface area contributed by atoms with Gasteiger partial charge in [0.2, 0.25) is 5.82 Å². The van der Waals surface area contributed by atoms with Gasteiger partial charge in [-0.1, -0.05) is 13.8 Å². The minimum absolute atomic E-state index is 0.0482. The van der Waals surface area contributed by atoms with Crippen LogP contribution in [-0.2, 0) is 7.05 Å². The average Bonchev–Trinajstić information content (AvgIpc) is 2.94. The normalized spacial score (nSPS) is 17.2. The second-order valence-corrected chi connectivity index (χ2v) is 5.16. The number of nitro groups is 1. The molecule has 0 spiro atoms. The Morgan fingerprint density at radius 3 is 2.76 bits per heavy atom. The van der Waals surface area contributed by atoms with Gasteiger partial charge >= 0.3 is 5.69 Å². The Balaban J connectivity index is 2.07. The predicted molar refractivity (Wildman–Crippen MR) is 64.9 cm³/mol. The van der Waals surface area contributed by atoms with Crippen LogP contribution in [0.25, 0.3) is 0 Å².